The van der Waals surface area contributed by atoms with Gasteiger partial charge in [0.25, 0.3) is 0 Å². The first kappa shape index (κ1) is 16.0. The van der Waals surface area contributed by atoms with Crippen molar-refractivity contribution in [2.24, 2.45) is 0 Å². The predicted octanol–water partition coefficient (Wildman–Crippen LogP) is 1.18. The lowest BCUT2D eigenvalue weighted by Gasteiger charge is -2.31. The molecule has 124 valence electrons. The van der Waals surface area contributed by atoms with E-state index in [1.807, 2.05) is 32.0 Å². The number of hydrogen-bond donors (Lipinski definition) is 1. The number of para-hydroxylation sites is 2. The Kier molecular flexibility index (Phi) is 4.93. The molecule has 23 heavy (non-hydrogen) atoms. The number of morpholine rings is 1. The quantitative estimate of drug-likeness (QED) is 0.900. The van der Waals surface area contributed by atoms with Crippen LogP contribution in [0.5, 0.6) is 0 Å². The molecule has 0 unspecified atom stereocenters. The average molecular weight is 316 g/mol. The number of amides is 1. The molecule has 0 spiro atoms. The molecule has 0 aliphatic carbocycles. The second-order valence-electron chi connectivity index (χ2n) is 5.91. The summed E-state index contributed by atoms with van der Waals surface area (Å²) in [6, 6.07) is 7.97. The van der Waals surface area contributed by atoms with Crippen LogP contribution in [0.25, 0.3) is 11.0 Å². The molecule has 2 heterocycles. The van der Waals surface area contributed by atoms with Gasteiger partial charge in [0.05, 0.1) is 30.3 Å². The van der Waals surface area contributed by atoms with Crippen molar-refractivity contribution in [3.63, 3.8) is 0 Å². The normalized spacial score (nSPS) is 17.3. The Morgan fingerprint density at radius 2 is 2.09 bits per heavy atom. The minimum Gasteiger partial charge on any atom is -0.379 e. The molecule has 1 atom stereocenters. The molecule has 6 nitrogen and oxygen atoms in total. The Hall–Kier alpha value is -1.92. The number of rotatable bonds is 5. The van der Waals surface area contributed by atoms with Crippen LogP contribution < -0.4 is 5.32 Å². The largest absolute Gasteiger partial charge is 0.379 e. The topological polar surface area (TPSA) is 59.4 Å². The van der Waals surface area contributed by atoms with Gasteiger partial charge in [0, 0.05) is 26.2 Å². The number of nitrogens with zero attached hydrogens (tertiary/aromatic N) is 3. The molecule has 3 rings (SSSR count). The summed E-state index contributed by atoms with van der Waals surface area (Å²) in [5, 5.41) is 3.04. The number of imidazole rings is 1. The Bertz CT molecular complexity index is 676. The van der Waals surface area contributed by atoms with E-state index in [2.05, 4.69) is 25.8 Å². The maximum atomic E-state index is 12.3. The van der Waals surface area contributed by atoms with Gasteiger partial charge in [0.2, 0.25) is 5.91 Å². The van der Waals surface area contributed by atoms with E-state index in [0.717, 1.165) is 36.5 Å². The van der Waals surface area contributed by atoms with Crippen LogP contribution in [0.15, 0.2) is 24.3 Å². The van der Waals surface area contributed by atoms with Gasteiger partial charge in [-0.25, -0.2) is 4.98 Å². The van der Waals surface area contributed by atoms with Crippen molar-refractivity contribution in [1.29, 1.82) is 0 Å². The summed E-state index contributed by atoms with van der Waals surface area (Å²) in [5.41, 5.74) is 2.11. The Morgan fingerprint density at radius 3 is 2.87 bits per heavy atom. The highest BCUT2D eigenvalue weighted by Crippen LogP contribution is 2.14. The van der Waals surface area contributed by atoms with Crippen LogP contribution in [0.3, 0.4) is 0 Å². The van der Waals surface area contributed by atoms with Crippen molar-refractivity contribution in [2.75, 3.05) is 32.8 Å². The van der Waals surface area contributed by atoms with Gasteiger partial charge < -0.3 is 14.6 Å². The van der Waals surface area contributed by atoms with Crippen LogP contribution >= 0.6 is 0 Å². The summed E-state index contributed by atoms with van der Waals surface area (Å²) >= 11 is 0. The number of hydrogen-bond acceptors (Lipinski definition) is 4. The number of carbonyl (C=O) groups excluding carboxylic acids is 1. The van der Waals surface area contributed by atoms with Gasteiger partial charge in [-0.05, 0) is 26.0 Å². The van der Waals surface area contributed by atoms with E-state index < -0.39 is 0 Å². The zero-order valence-electron chi connectivity index (χ0n) is 13.8. The first-order valence-corrected chi connectivity index (χ1v) is 8.18. The highest BCUT2D eigenvalue weighted by atomic mass is 16.5. The Morgan fingerprint density at radius 1 is 1.35 bits per heavy atom. The van der Waals surface area contributed by atoms with Crippen molar-refractivity contribution in [3.8, 4) is 0 Å². The van der Waals surface area contributed by atoms with Crippen LogP contribution in [-0.4, -0.2) is 59.2 Å². The summed E-state index contributed by atoms with van der Waals surface area (Å²) in [7, 11) is 0. The van der Waals surface area contributed by atoms with Crippen LogP contribution in [0.1, 0.15) is 12.7 Å². The lowest BCUT2D eigenvalue weighted by molar-refractivity contribution is -0.127. The lowest BCUT2D eigenvalue weighted by Crippen LogP contribution is -2.50. The number of carbonyl (C=O) groups is 1. The average Bonchev–Trinajstić information content (AvgIpc) is 2.90. The molecule has 1 aliphatic heterocycles. The molecular formula is C17H24N4O2. The van der Waals surface area contributed by atoms with Gasteiger partial charge in [-0.1, -0.05) is 12.1 Å². The predicted molar refractivity (Wildman–Crippen MR) is 89.3 cm³/mol. The van der Waals surface area contributed by atoms with E-state index >= 15 is 0 Å². The maximum absolute atomic E-state index is 12.3. The molecule has 1 saturated heterocycles. The van der Waals surface area contributed by atoms with E-state index in [4.69, 9.17) is 4.74 Å². The van der Waals surface area contributed by atoms with E-state index in [-0.39, 0.29) is 11.9 Å². The number of aromatic nitrogens is 2. The molecule has 1 aromatic heterocycles. The van der Waals surface area contributed by atoms with Crippen molar-refractivity contribution in [3.05, 3.63) is 30.1 Å². The summed E-state index contributed by atoms with van der Waals surface area (Å²) in [4.78, 5) is 19.0. The third-order valence-corrected chi connectivity index (χ3v) is 4.45. The fraction of sp³-hybridized carbons (Fsp3) is 0.529. The van der Waals surface area contributed by atoms with Gasteiger partial charge in [0.15, 0.2) is 0 Å². The van der Waals surface area contributed by atoms with E-state index in [0.29, 0.717) is 19.8 Å². The molecule has 6 heteroatoms. The number of benzene rings is 1. The van der Waals surface area contributed by atoms with Crippen molar-refractivity contribution < 1.29 is 9.53 Å². The SMILES string of the molecule is Cc1nc2ccccc2n1CCNC(=O)[C@H](C)N1CCOCC1. The molecular weight excluding hydrogens is 292 g/mol. The van der Waals surface area contributed by atoms with E-state index in [1.54, 1.807) is 0 Å². The first-order chi connectivity index (χ1) is 11.2. The Labute approximate surface area is 136 Å². The van der Waals surface area contributed by atoms with Crippen LogP contribution in [-0.2, 0) is 16.1 Å². The monoisotopic (exact) mass is 316 g/mol. The molecule has 0 saturated carbocycles. The highest BCUT2D eigenvalue weighted by molar-refractivity contribution is 5.81. The van der Waals surface area contributed by atoms with Gasteiger partial charge in [-0.2, -0.15) is 0 Å². The van der Waals surface area contributed by atoms with Crippen molar-refractivity contribution >= 4 is 16.9 Å². The molecule has 1 N–H and O–H groups in total. The van der Waals surface area contributed by atoms with E-state index in [9.17, 15) is 4.79 Å². The van der Waals surface area contributed by atoms with Gasteiger partial charge in [-0.15, -0.1) is 0 Å². The minimum absolute atomic E-state index is 0.0778. The standard InChI is InChI=1S/C17H24N4O2/c1-13(20-9-11-23-12-10-20)17(22)18-7-8-21-14(2)19-15-5-3-4-6-16(15)21/h3-6,13H,7-12H2,1-2H3,(H,18,22)/t13-/m0/s1. The number of ether oxygens (including phenoxy) is 1. The van der Waals surface area contributed by atoms with E-state index in [1.165, 1.54) is 0 Å². The Balaban J connectivity index is 1.56. The van der Waals surface area contributed by atoms with Gasteiger partial charge >= 0.3 is 0 Å². The van der Waals surface area contributed by atoms with Crippen LogP contribution in [0, 0.1) is 6.92 Å². The molecule has 0 radical (unpaired) electrons. The molecule has 0 bridgehead atoms. The van der Waals surface area contributed by atoms with Gasteiger partial charge in [0.1, 0.15) is 5.82 Å². The zero-order valence-corrected chi connectivity index (χ0v) is 13.8. The highest BCUT2D eigenvalue weighted by Gasteiger charge is 2.22. The van der Waals surface area contributed by atoms with Crippen LogP contribution in [0.2, 0.25) is 0 Å². The summed E-state index contributed by atoms with van der Waals surface area (Å²) in [6.07, 6.45) is 0. The van der Waals surface area contributed by atoms with Crippen molar-refractivity contribution in [2.45, 2.75) is 26.4 Å². The fourth-order valence-corrected chi connectivity index (χ4v) is 3.05. The number of fused-ring (bicyclic) bond motifs is 1. The molecule has 1 aliphatic rings. The molecule has 1 amide bonds. The molecule has 2 aromatic rings. The van der Waals surface area contributed by atoms with Crippen molar-refractivity contribution in [1.82, 2.24) is 19.8 Å². The number of nitrogens with one attached hydrogen (secondary N) is 1. The fourth-order valence-electron chi connectivity index (χ4n) is 3.05. The summed E-state index contributed by atoms with van der Waals surface area (Å²) in [6.45, 7) is 8.34. The minimum atomic E-state index is -0.112. The summed E-state index contributed by atoms with van der Waals surface area (Å²) < 4.78 is 7.48. The molecule has 1 aromatic carbocycles. The third kappa shape index (κ3) is 3.54. The molecule has 1 fully saturated rings. The second-order valence-corrected chi connectivity index (χ2v) is 5.91. The summed E-state index contributed by atoms with van der Waals surface area (Å²) in [5.74, 6) is 1.05. The zero-order chi connectivity index (χ0) is 16.2. The maximum Gasteiger partial charge on any atom is 0.237 e. The third-order valence-electron chi connectivity index (χ3n) is 4.45. The van der Waals surface area contributed by atoms with Gasteiger partial charge in [-0.3, -0.25) is 9.69 Å². The van der Waals surface area contributed by atoms with Crippen LogP contribution in [0.4, 0.5) is 0 Å². The number of aryl methyl sites for hydroxylation is 1. The lowest BCUT2D eigenvalue weighted by atomic mass is 10.2. The first-order valence-electron chi connectivity index (χ1n) is 8.18. The second kappa shape index (κ2) is 7.10. The smallest absolute Gasteiger partial charge is 0.237 e.